The molecule has 1 aromatic heterocycles. The molecule has 0 bridgehead atoms. The van der Waals surface area contributed by atoms with Crippen LogP contribution >= 0.6 is 0 Å². The van der Waals surface area contributed by atoms with E-state index >= 15 is 0 Å². The van der Waals surface area contributed by atoms with Crippen molar-refractivity contribution in [3.8, 4) is 22.8 Å². The van der Waals surface area contributed by atoms with Crippen LogP contribution in [0.2, 0.25) is 0 Å². The van der Waals surface area contributed by atoms with Gasteiger partial charge in [-0.15, -0.1) is 0 Å². The quantitative estimate of drug-likeness (QED) is 0.559. The molecule has 1 saturated heterocycles. The first kappa shape index (κ1) is 21.3. The van der Waals surface area contributed by atoms with E-state index in [0.717, 1.165) is 16.0 Å². The van der Waals surface area contributed by atoms with Crippen LogP contribution in [0.25, 0.3) is 11.1 Å². The summed E-state index contributed by atoms with van der Waals surface area (Å²) in [7, 11) is 0. The van der Waals surface area contributed by atoms with Crippen molar-refractivity contribution in [2.45, 2.75) is 37.1 Å². The summed E-state index contributed by atoms with van der Waals surface area (Å²) in [5.74, 6) is -2.95. The van der Waals surface area contributed by atoms with Crippen LogP contribution in [-0.4, -0.2) is 58.8 Å². The summed E-state index contributed by atoms with van der Waals surface area (Å²) >= 11 is 0. The van der Waals surface area contributed by atoms with Gasteiger partial charge in [-0.05, 0) is 24.5 Å². The Hall–Kier alpha value is -3.56. The van der Waals surface area contributed by atoms with Crippen LogP contribution < -0.4 is 14.8 Å². The lowest BCUT2D eigenvalue weighted by molar-refractivity contribution is -0.135. The zero-order valence-electron chi connectivity index (χ0n) is 17.6. The van der Waals surface area contributed by atoms with Crippen molar-refractivity contribution in [2.24, 2.45) is 0 Å². The second kappa shape index (κ2) is 7.79. The van der Waals surface area contributed by atoms with Gasteiger partial charge in [0.2, 0.25) is 5.92 Å². The Kier molecular flexibility index (Phi) is 5.02. The molecule has 1 N–H and O–H groups in total. The van der Waals surface area contributed by atoms with Crippen molar-refractivity contribution in [1.82, 2.24) is 15.2 Å². The van der Waals surface area contributed by atoms with Crippen molar-refractivity contribution in [3.63, 3.8) is 0 Å². The molecule has 2 aromatic rings. The van der Waals surface area contributed by atoms with Crippen LogP contribution in [-0.2, 0) is 4.79 Å². The molecule has 1 aliphatic carbocycles. The maximum atomic E-state index is 13.5. The first-order valence-corrected chi connectivity index (χ1v) is 10.7. The zero-order valence-corrected chi connectivity index (χ0v) is 17.6. The number of imide groups is 1. The zero-order chi connectivity index (χ0) is 23.2. The van der Waals surface area contributed by atoms with Gasteiger partial charge in [0, 0.05) is 30.2 Å². The summed E-state index contributed by atoms with van der Waals surface area (Å²) in [5.41, 5.74) is 0.526. The number of rotatable bonds is 4. The average Bonchev–Trinajstić information content (AvgIpc) is 3.05. The molecule has 10 heteroatoms. The molecule has 1 aromatic carbocycles. The summed E-state index contributed by atoms with van der Waals surface area (Å²) in [6, 6.07) is 7.72. The molecule has 3 heterocycles. The number of urea groups is 1. The van der Waals surface area contributed by atoms with Crippen LogP contribution in [0.15, 0.2) is 36.5 Å². The molecule has 0 radical (unpaired) electrons. The Morgan fingerprint density at radius 1 is 1.03 bits per heavy atom. The van der Waals surface area contributed by atoms with Crippen LogP contribution in [0.1, 0.15) is 36.0 Å². The fourth-order valence-electron chi connectivity index (χ4n) is 4.45. The van der Waals surface area contributed by atoms with E-state index in [9.17, 15) is 23.2 Å². The Balaban J connectivity index is 1.30. The SMILES string of the molecule is O=C(CN1C(=O)NC2(CCC(F)(F)CC2)C1=O)c1ccc(-c2ccnc3c2OCCO3)cc1. The number of hydrogen-bond acceptors (Lipinski definition) is 6. The highest BCUT2D eigenvalue weighted by Gasteiger charge is 2.55. The first-order valence-electron chi connectivity index (χ1n) is 10.7. The van der Waals surface area contributed by atoms with Crippen molar-refractivity contribution in [1.29, 1.82) is 0 Å². The number of Topliss-reactive ketones (excluding diaryl/α,β-unsaturated/α-hetero) is 1. The monoisotopic (exact) mass is 457 g/mol. The summed E-state index contributed by atoms with van der Waals surface area (Å²) in [6.07, 6.45) is 0.361. The van der Waals surface area contributed by atoms with Gasteiger partial charge in [-0.25, -0.2) is 18.6 Å². The maximum Gasteiger partial charge on any atom is 0.325 e. The molecule has 0 unspecified atom stereocenters. The number of ether oxygens (including phenoxy) is 2. The van der Waals surface area contributed by atoms with E-state index in [4.69, 9.17) is 9.47 Å². The van der Waals surface area contributed by atoms with Gasteiger partial charge in [0.05, 0.1) is 6.54 Å². The normalized spacial score (nSPS) is 20.6. The smallest absolute Gasteiger partial charge is 0.325 e. The molecule has 172 valence electrons. The van der Waals surface area contributed by atoms with Gasteiger partial charge in [0.15, 0.2) is 11.5 Å². The predicted octanol–water partition coefficient (Wildman–Crippen LogP) is 3.20. The van der Waals surface area contributed by atoms with Gasteiger partial charge in [-0.2, -0.15) is 0 Å². The van der Waals surface area contributed by atoms with E-state index in [-0.39, 0.29) is 12.8 Å². The van der Waals surface area contributed by atoms with Crippen LogP contribution in [0.5, 0.6) is 11.6 Å². The number of pyridine rings is 1. The van der Waals surface area contributed by atoms with Gasteiger partial charge >= 0.3 is 6.03 Å². The molecule has 2 aliphatic heterocycles. The molecule has 3 aliphatic rings. The number of nitrogens with zero attached hydrogens (tertiary/aromatic N) is 2. The molecule has 2 fully saturated rings. The highest BCUT2D eigenvalue weighted by molar-refractivity contribution is 6.11. The first-order chi connectivity index (χ1) is 15.8. The van der Waals surface area contributed by atoms with E-state index < -0.39 is 48.6 Å². The minimum atomic E-state index is -2.84. The van der Waals surface area contributed by atoms with Gasteiger partial charge in [0.25, 0.3) is 11.8 Å². The third-order valence-electron chi connectivity index (χ3n) is 6.34. The summed E-state index contributed by atoms with van der Waals surface area (Å²) in [4.78, 5) is 43.0. The van der Waals surface area contributed by atoms with Crippen LogP contribution in [0, 0.1) is 0 Å². The van der Waals surface area contributed by atoms with E-state index in [2.05, 4.69) is 10.3 Å². The largest absolute Gasteiger partial charge is 0.484 e. The minimum absolute atomic E-state index is 0.147. The number of carbonyl (C=O) groups is 3. The lowest BCUT2D eigenvalue weighted by atomic mass is 9.80. The fourth-order valence-corrected chi connectivity index (χ4v) is 4.45. The summed E-state index contributed by atoms with van der Waals surface area (Å²) in [5, 5.41) is 2.54. The molecule has 1 spiro atoms. The van der Waals surface area contributed by atoms with Crippen molar-refractivity contribution in [2.75, 3.05) is 19.8 Å². The number of nitrogens with one attached hydrogen (secondary N) is 1. The summed E-state index contributed by atoms with van der Waals surface area (Å²) < 4.78 is 38.2. The van der Waals surface area contributed by atoms with Gasteiger partial charge < -0.3 is 14.8 Å². The summed E-state index contributed by atoms with van der Waals surface area (Å²) in [6.45, 7) is 0.375. The topological polar surface area (TPSA) is 97.8 Å². The third-order valence-corrected chi connectivity index (χ3v) is 6.34. The maximum absolute atomic E-state index is 13.5. The number of halogens is 2. The number of aromatic nitrogens is 1. The highest BCUT2D eigenvalue weighted by atomic mass is 19.3. The standard InChI is InChI=1S/C23H21F2N3O5/c24-23(25)8-6-22(7-9-23)20(30)28(21(31)27-22)13-17(29)15-3-1-14(2-4-15)16-5-10-26-19-18(16)32-11-12-33-19/h1-5,10H,6-9,11-13H2,(H,27,31). The highest BCUT2D eigenvalue weighted by Crippen LogP contribution is 2.41. The molecule has 5 rings (SSSR count). The Morgan fingerprint density at radius 2 is 1.73 bits per heavy atom. The second-order valence-corrected chi connectivity index (χ2v) is 8.45. The third kappa shape index (κ3) is 3.79. The van der Waals surface area contributed by atoms with E-state index in [1.54, 1.807) is 36.5 Å². The van der Waals surface area contributed by atoms with E-state index in [0.29, 0.717) is 30.4 Å². The second-order valence-electron chi connectivity index (χ2n) is 8.45. The van der Waals surface area contributed by atoms with Gasteiger partial charge in [-0.1, -0.05) is 24.3 Å². The Bertz CT molecular complexity index is 1130. The molecular weight excluding hydrogens is 436 g/mol. The molecule has 8 nitrogen and oxygen atoms in total. The van der Waals surface area contributed by atoms with Crippen molar-refractivity contribution >= 4 is 17.7 Å². The minimum Gasteiger partial charge on any atom is -0.484 e. The van der Waals surface area contributed by atoms with E-state index in [1.807, 2.05) is 0 Å². The van der Waals surface area contributed by atoms with Gasteiger partial charge in [0.1, 0.15) is 18.8 Å². The average molecular weight is 457 g/mol. The Labute approximate surface area is 187 Å². The fraction of sp³-hybridized carbons (Fsp3) is 0.391. The van der Waals surface area contributed by atoms with Crippen molar-refractivity contribution in [3.05, 3.63) is 42.1 Å². The molecule has 1 saturated carbocycles. The number of benzene rings is 1. The lowest BCUT2D eigenvalue weighted by Gasteiger charge is -2.34. The van der Waals surface area contributed by atoms with Crippen LogP contribution in [0.3, 0.4) is 0 Å². The number of carbonyl (C=O) groups excluding carboxylic acids is 3. The number of fused-ring (bicyclic) bond motifs is 1. The van der Waals surface area contributed by atoms with Crippen molar-refractivity contribution < 1.29 is 32.6 Å². The molecule has 0 atom stereocenters. The number of ketones is 1. The van der Waals surface area contributed by atoms with E-state index in [1.165, 1.54) is 0 Å². The molecule has 3 amide bonds. The number of amides is 3. The number of hydrogen-bond donors (Lipinski definition) is 1. The molecular formula is C23H21F2N3O5. The Morgan fingerprint density at radius 3 is 2.45 bits per heavy atom. The molecule has 33 heavy (non-hydrogen) atoms. The van der Waals surface area contributed by atoms with Gasteiger partial charge in [-0.3, -0.25) is 14.5 Å². The predicted molar refractivity (Wildman–Crippen MR) is 111 cm³/mol. The van der Waals surface area contributed by atoms with Crippen LogP contribution in [0.4, 0.5) is 13.6 Å². The number of alkyl halides is 2. The lowest BCUT2D eigenvalue weighted by Crippen LogP contribution is -2.51.